The Morgan fingerprint density at radius 3 is 2.15 bits per heavy atom. The Kier molecular flexibility index (Phi) is 11.2. The predicted molar refractivity (Wildman–Crippen MR) is 139 cm³/mol. The van der Waals surface area contributed by atoms with Crippen molar-refractivity contribution < 1.29 is 42.4 Å². The highest BCUT2D eigenvalue weighted by Gasteiger charge is 2.55. The van der Waals surface area contributed by atoms with E-state index in [2.05, 4.69) is 5.32 Å². The third-order valence-corrected chi connectivity index (χ3v) is 6.73. The van der Waals surface area contributed by atoms with Crippen LogP contribution < -0.4 is 5.32 Å². The number of amides is 1. The molecule has 0 saturated carbocycles. The number of halogens is 2. The van der Waals surface area contributed by atoms with Gasteiger partial charge in [0.1, 0.15) is 24.9 Å². The summed E-state index contributed by atoms with van der Waals surface area (Å²) in [7, 11) is 0. The van der Waals surface area contributed by atoms with Crippen molar-refractivity contribution in [3.8, 4) is 0 Å². The van der Waals surface area contributed by atoms with E-state index in [1.54, 1.807) is 44.2 Å². The molecule has 0 aromatic heterocycles. The lowest BCUT2D eigenvalue weighted by molar-refractivity contribution is -0.273. The molecule has 0 unspecified atom stereocenters. The zero-order valence-corrected chi connectivity index (χ0v) is 22.4. The van der Waals surface area contributed by atoms with Crippen molar-refractivity contribution in [3.63, 3.8) is 0 Å². The second kappa shape index (κ2) is 14.3. The van der Waals surface area contributed by atoms with Gasteiger partial charge >= 0.3 is 12.1 Å². The standard InChI is InChI=1S/C29H37F2NO7/c1-4-23-19(3)25(37-17-20-12-8-6-9-13-20)24(33)26(39-23)29(30,31)16-22(27(34)36-5-2)32-28(35)38-18-21-14-10-7-11-15-21/h6-15,19,22-26,33H,4-5,16-18H2,1-3H3,(H,32,35)/t19-,22+,23+,24+,25-,26-/m0/s1. The molecule has 1 heterocycles. The van der Waals surface area contributed by atoms with Crippen LogP contribution in [0.4, 0.5) is 13.6 Å². The molecule has 6 atom stereocenters. The second-order valence-electron chi connectivity index (χ2n) is 9.59. The van der Waals surface area contributed by atoms with Crippen molar-refractivity contribution in [2.24, 2.45) is 5.92 Å². The van der Waals surface area contributed by atoms with E-state index < -0.39 is 54.9 Å². The first kappa shape index (κ1) is 30.5. The Labute approximate surface area is 227 Å². The van der Waals surface area contributed by atoms with Crippen LogP contribution in [-0.2, 0) is 37.0 Å². The van der Waals surface area contributed by atoms with Gasteiger partial charge in [-0.2, -0.15) is 0 Å². The first-order chi connectivity index (χ1) is 18.7. The molecule has 3 rings (SSSR count). The van der Waals surface area contributed by atoms with Crippen molar-refractivity contribution >= 4 is 12.1 Å². The molecule has 1 fully saturated rings. The van der Waals surface area contributed by atoms with Gasteiger partial charge in [0.25, 0.3) is 5.92 Å². The molecule has 1 amide bonds. The maximum Gasteiger partial charge on any atom is 0.408 e. The van der Waals surface area contributed by atoms with Crippen LogP contribution in [0, 0.1) is 5.92 Å². The Bertz CT molecular complexity index is 1040. The Hall–Kier alpha value is -3.08. The fraction of sp³-hybridized carbons (Fsp3) is 0.517. The van der Waals surface area contributed by atoms with E-state index in [4.69, 9.17) is 18.9 Å². The number of alkyl halides is 2. The summed E-state index contributed by atoms with van der Waals surface area (Å²) < 4.78 is 53.1. The van der Waals surface area contributed by atoms with E-state index >= 15 is 8.78 Å². The highest BCUT2D eigenvalue weighted by atomic mass is 19.3. The Morgan fingerprint density at radius 1 is 1.00 bits per heavy atom. The van der Waals surface area contributed by atoms with E-state index in [0.29, 0.717) is 12.0 Å². The number of aliphatic hydroxyl groups excluding tert-OH is 1. The molecule has 0 aliphatic carbocycles. The SMILES string of the molecule is CCOC(=O)[C@@H](CC(F)(F)[C@H]1O[C@H](CC)[C@H](C)[C@H](OCc2ccccc2)[C@H]1O)NC(=O)OCc1ccccc1. The van der Waals surface area contributed by atoms with Crippen molar-refractivity contribution in [2.75, 3.05) is 6.61 Å². The third kappa shape index (κ3) is 8.45. The molecule has 0 radical (unpaired) electrons. The molecule has 1 saturated heterocycles. The number of hydrogen-bond acceptors (Lipinski definition) is 7. The minimum absolute atomic E-state index is 0.0744. The topological polar surface area (TPSA) is 103 Å². The largest absolute Gasteiger partial charge is 0.464 e. The zero-order valence-electron chi connectivity index (χ0n) is 22.4. The van der Waals surface area contributed by atoms with Gasteiger partial charge in [-0.1, -0.05) is 74.5 Å². The predicted octanol–water partition coefficient (Wildman–Crippen LogP) is 4.63. The first-order valence-electron chi connectivity index (χ1n) is 13.2. The molecular formula is C29H37F2NO7. The molecule has 39 heavy (non-hydrogen) atoms. The van der Waals surface area contributed by atoms with Gasteiger partial charge in [-0.15, -0.1) is 0 Å². The third-order valence-electron chi connectivity index (χ3n) is 6.73. The quantitative estimate of drug-likeness (QED) is 0.372. The fourth-order valence-corrected chi connectivity index (χ4v) is 4.65. The molecule has 1 aliphatic heterocycles. The van der Waals surface area contributed by atoms with Crippen LogP contribution in [-0.4, -0.2) is 60.2 Å². The van der Waals surface area contributed by atoms with E-state index in [-0.39, 0.29) is 25.7 Å². The zero-order chi connectivity index (χ0) is 28.4. The van der Waals surface area contributed by atoms with Gasteiger partial charge in [-0.3, -0.25) is 0 Å². The summed E-state index contributed by atoms with van der Waals surface area (Å²) in [4.78, 5) is 24.9. The Balaban J connectivity index is 1.72. The first-order valence-corrected chi connectivity index (χ1v) is 13.2. The van der Waals surface area contributed by atoms with Crippen LogP contribution in [0.5, 0.6) is 0 Å². The number of esters is 1. The van der Waals surface area contributed by atoms with Gasteiger partial charge in [0.2, 0.25) is 0 Å². The highest BCUT2D eigenvalue weighted by molar-refractivity contribution is 5.81. The second-order valence-corrected chi connectivity index (χ2v) is 9.59. The van der Waals surface area contributed by atoms with Gasteiger partial charge < -0.3 is 29.4 Å². The van der Waals surface area contributed by atoms with E-state index in [1.165, 1.54) is 6.92 Å². The number of aliphatic hydroxyl groups is 1. The molecule has 8 nitrogen and oxygen atoms in total. The summed E-state index contributed by atoms with van der Waals surface area (Å²) in [6.07, 6.45) is -7.02. The number of hydrogen-bond donors (Lipinski definition) is 2. The van der Waals surface area contributed by atoms with Gasteiger partial charge in [0, 0.05) is 12.3 Å². The normalized spacial score (nSPS) is 24.0. The molecule has 10 heteroatoms. The summed E-state index contributed by atoms with van der Waals surface area (Å²) in [6, 6.07) is 16.2. The lowest BCUT2D eigenvalue weighted by Crippen LogP contribution is -2.61. The summed E-state index contributed by atoms with van der Waals surface area (Å²) in [5, 5.41) is 13.2. The van der Waals surface area contributed by atoms with Gasteiger partial charge in [-0.05, 0) is 24.5 Å². The summed E-state index contributed by atoms with van der Waals surface area (Å²) in [5.41, 5.74) is 1.52. The van der Waals surface area contributed by atoms with E-state index in [1.807, 2.05) is 30.3 Å². The maximum absolute atomic E-state index is 15.7. The summed E-state index contributed by atoms with van der Waals surface area (Å²) in [5.74, 6) is -5.14. The van der Waals surface area contributed by atoms with Crippen LogP contribution in [0.25, 0.3) is 0 Å². The molecule has 2 N–H and O–H groups in total. The van der Waals surface area contributed by atoms with Crippen molar-refractivity contribution in [3.05, 3.63) is 71.8 Å². The number of carbonyl (C=O) groups is 2. The maximum atomic E-state index is 15.7. The Morgan fingerprint density at radius 2 is 1.59 bits per heavy atom. The molecular weight excluding hydrogens is 512 g/mol. The monoisotopic (exact) mass is 549 g/mol. The molecule has 1 aliphatic rings. The van der Waals surface area contributed by atoms with E-state index in [9.17, 15) is 14.7 Å². The van der Waals surface area contributed by atoms with Crippen LogP contribution >= 0.6 is 0 Å². The number of ether oxygens (including phenoxy) is 4. The van der Waals surface area contributed by atoms with Crippen LogP contribution in [0.3, 0.4) is 0 Å². The lowest BCUT2D eigenvalue weighted by atomic mass is 9.83. The molecule has 0 bridgehead atoms. The molecule has 2 aromatic rings. The highest BCUT2D eigenvalue weighted by Crippen LogP contribution is 2.39. The van der Waals surface area contributed by atoms with Gasteiger partial charge in [0.05, 0.1) is 25.4 Å². The van der Waals surface area contributed by atoms with E-state index in [0.717, 1.165) is 5.56 Å². The number of benzene rings is 2. The van der Waals surface area contributed by atoms with Crippen molar-refractivity contribution in [1.29, 1.82) is 0 Å². The minimum atomic E-state index is -3.73. The van der Waals surface area contributed by atoms with Crippen LogP contribution in [0.1, 0.15) is 44.7 Å². The summed E-state index contributed by atoms with van der Waals surface area (Å²) >= 11 is 0. The number of alkyl carbamates (subject to hydrolysis) is 1. The average molecular weight is 550 g/mol. The lowest BCUT2D eigenvalue weighted by Gasteiger charge is -2.46. The molecule has 2 aromatic carbocycles. The molecule has 214 valence electrons. The smallest absolute Gasteiger partial charge is 0.408 e. The van der Waals surface area contributed by atoms with Crippen molar-refractivity contribution in [2.45, 2.75) is 83.2 Å². The van der Waals surface area contributed by atoms with Crippen molar-refractivity contribution in [1.82, 2.24) is 5.32 Å². The van der Waals surface area contributed by atoms with Gasteiger partial charge in [0.15, 0.2) is 0 Å². The minimum Gasteiger partial charge on any atom is -0.464 e. The number of carbonyl (C=O) groups excluding carboxylic acids is 2. The van der Waals surface area contributed by atoms with Gasteiger partial charge in [-0.25, -0.2) is 18.4 Å². The molecule has 0 spiro atoms. The average Bonchev–Trinajstić information content (AvgIpc) is 2.92. The number of nitrogens with one attached hydrogen (secondary N) is 1. The number of rotatable bonds is 12. The van der Waals surface area contributed by atoms with Crippen LogP contribution in [0.15, 0.2) is 60.7 Å². The van der Waals surface area contributed by atoms with Crippen LogP contribution in [0.2, 0.25) is 0 Å². The fourth-order valence-electron chi connectivity index (χ4n) is 4.65. The summed E-state index contributed by atoms with van der Waals surface area (Å²) in [6.45, 7) is 5.05.